The first-order chi connectivity index (χ1) is 10.1. The molecule has 0 aliphatic carbocycles. The first kappa shape index (κ1) is 15.8. The van der Waals surface area contributed by atoms with Crippen molar-refractivity contribution in [3.63, 3.8) is 0 Å². The normalized spacial score (nSPS) is 16.7. The lowest BCUT2D eigenvalue weighted by Crippen LogP contribution is -2.32. The molecule has 0 aromatic heterocycles. The number of carbonyl (C=O) groups is 1. The molecule has 0 saturated carbocycles. The number of rotatable bonds is 5. The van der Waals surface area contributed by atoms with Gasteiger partial charge in [0.15, 0.2) is 0 Å². The lowest BCUT2D eigenvalue weighted by molar-refractivity contribution is 0.0949. The number of benzene rings is 1. The molecule has 0 radical (unpaired) electrons. The SMILES string of the molecule is CNc1ccc(C)cc1C(=O)NCCC1CCN(C)CC1. The zero-order valence-corrected chi connectivity index (χ0v) is 13.4. The maximum Gasteiger partial charge on any atom is 0.253 e. The molecular weight excluding hydrogens is 262 g/mol. The second-order valence-corrected chi connectivity index (χ2v) is 6.09. The predicted octanol–water partition coefficient (Wildman–Crippen LogP) is 2.50. The van der Waals surface area contributed by atoms with Crippen LogP contribution in [-0.2, 0) is 0 Å². The van der Waals surface area contributed by atoms with Gasteiger partial charge < -0.3 is 15.5 Å². The second kappa shape index (κ2) is 7.46. The average Bonchev–Trinajstić information content (AvgIpc) is 2.49. The second-order valence-electron chi connectivity index (χ2n) is 6.09. The van der Waals surface area contributed by atoms with Crippen molar-refractivity contribution in [3.8, 4) is 0 Å². The van der Waals surface area contributed by atoms with E-state index in [-0.39, 0.29) is 5.91 Å². The Labute approximate surface area is 127 Å². The smallest absolute Gasteiger partial charge is 0.253 e. The molecule has 1 aliphatic rings. The van der Waals surface area contributed by atoms with Gasteiger partial charge in [0, 0.05) is 19.3 Å². The zero-order valence-electron chi connectivity index (χ0n) is 13.4. The highest BCUT2D eigenvalue weighted by Crippen LogP contribution is 2.19. The standard InChI is InChI=1S/C17H27N3O/c1-13-4-5-16(18-2)15(12-13)17(21)19-9-6-14-7-10-20(3)11-8-14/h4-5,12,14,18H,6-11H2,1-3H3,(H,19,21). The van der Waals surface area contributed by atoms with E-state index in [0.29, 0.717) is 0 Å². The number of piperidine rings is 1. The summed E-state index contributed by atoms with van der Waals surface area (Å²) in [6.45, 7) is 5.14. The predicted molar refractivity (Wildman–Crippen MR) is 87.9 cm³/mol. The van der Waals surface area contributed by atoms with Crippen LogP contribution < -0.4 is 10.6 Å². The van der Waals surface area contributed by atoms with Gasteiger partial charge in [0.25, 0.3) is 5.91 Å². The first-order valence-corrected chi connectivity index (χ1v) is 7.85. The molecule has 1 aromatic carbocycles. The van der Waals surface area contributed by atoms with Crippen LogP contribution >= 0.6 is 0 Å². The number of nitrogens with zero attached hydrogens (tertiary/aromatic N) is 1. The van der Waals surface area contributed by atoms with Crippen molar-refractivity contribution in [3.05, 3.63) is 29.3 Å². The van der Waals surface area contributed by atoms with Crippen molar-refractivity contribution in [1.82, 2.24) is 10.2 Å². The third-order valence-electron chi connectivity index (χ3n) is 4.37. The fourth-order valence-electron chi connectivity index (χ4n) is 2.90. The van der Waals surface area contributed by atoms with Crippen LogP contribution in [0.25, 0.3) is 0 Å². The summed E-state index contributed by atoms with van der Waals surface area (Å²) in [7, 11) is 4.02. The summed E-state index contributed by atoms with van der Waals surface area (Å²) in [6.07, 6.45) is 3.58. The van der Waals surface area contributed by atoms with E-state index in [9.17, 15) is 4.79 Å². The summed E-state index contributed by atoms with van der Waals surface area (Å²) in [6, 6.07) is 5.92. The summed E-state index contributed by atoms with van der Waals surface area (Å²) >= 11 is 0. The topological polar surface area (TPSA) is 44.4 Å². The van der Waals surface area contributed by atoms with Crippen molar-refractivity contribution in [2.24, 2.45) is 5.92 Å². The molecule has 0 spiro atoms. The fraction of sp³-hybridized carbons (Fsp3) is 0.588. The number of amides is 1. The molecule has 4 nitrogen and oxygen atoms in total. The molecule has 0 atom stereocenters. The van der Waals surface area contributed by atoms with Crippen LogP contribution in [0.15, 0.2) is 18.2 Å². The van der Waals surface area contributed by atoms with Gasteiger partial charge >= 0.3 is 0 Å². The van der Waals surface area contributed by atoms with Crippen molar-refractivity contribution in [2.45, 2.75) is 26.2 Å². The Morgan fingerprint density at radius 2 is 2.05 bits per heavy atom. The number of aryl methyl sites for hydroxylation is 1. The molecule has 2 rings (SSSR count). The molecule has 1 aromatic rings. The largest absolute Gasteiger partial charge is 0.387 e. The van der Waals surface area contributed by atoms with E-state index < -0.39 is 0 Å². The van der Waals surface area contributed by atoms with Crippen molar-refractivity contribution in [2.75, 3.05) is 39.0 Å². The molecule has 1 fully saturated rings. The van der Waals surface area contributed by atoms with E-state index in [4.69, 9.17) is 0 Å². The lowest BCUT2D eigenvalue weighted by atomic mass is 9.94. The number of hydrogen-bond acceptors (Lipinski definition) is 3. The highest BCUT2D eigenvalue weighted by atomic mass is 16.1. The molecular formula is C17H27N3O. The highest BCUT2D eigenvalue weighted by molar-refractivity contribution is 5.99. The number of hydrogen-bond donors (Lipinski definition) is 2. The number of likely N-dealkylation sites (tertiary alicyclic amines) is 1. The van der Waals surface area contributed by atoms with E-state index in [1.165, 1.54) is 25.9 Å². The van der Waals surface area contributed by atoms with Crippen LogP contribution in [0.2, 0.25) is 0 Å². The third kappa shape index (κ3) is 4.46. The van der Waals surface area contributed by atoms with Crippen molar-refractivity contribution in [1.29, 1.82) is 0 Å². The first-order valence-electron chi connectivity index (χ1n) is 7.85. The Bertz CT molecular complexity index is 479. The summed E-state index contributed by atoms with van der Waals surface area (Å²) in [5, 5.41) is 6.15. The molecule has 116 valence electrons. The molecule has 1 amide bonds. The van der Waals surface area contributed by atoms with Gasteiger partial charge in [-0.3, -0.25) is 4.79 Å². The van der Waals surface area contributed by atoms with Crippen LogP contribution in [0.3, 0.4) is 0 Å². The Morgan fingerprint density at radius 3 is 2.71 bits per heavy atom. The molecule has 0 unspecified atom stereocenters. The van der Waals surface area contributed by atoms with E-state index in [1.807, 2.05) is 32.2 Å². The minimum Gasteiger partial charge on any atom is -0.387 e. The monoisotopic (exact) mass is 289 g/mol. The molecule has 2 N–H and O–H groups in total. The Balaban J connectivity index is 1.83. The summed E-state index contributed by atoms with van der Waals surface area (Å²) in [4.78, 5) is 14.7. The third-order valence-corrected chi connectivity index (χ3v) is 4.37. The van der Waals surface area contributed by atoms with Crippen molar-refractivity contribution < 1.29 is 4.79 Å². The molecule has 1 heterocycles. The van der Waals surface area contributed by atoms with Gasteiger partial charge in [0.05, 0.1) is 5.56 Å². The highest BCUT2D eigenvalue weighted by Gasteiger charge is 2.17. The van der Waals surface area contributed by atoms with Crippen LogP contribution in [-0.4, -0.2) is 44.5 Å². The molecule has 1 aliphatic heterocycles. The number of anilines is 1. The van der Waals surface area contributed by atoms with Gasteiger partial charge in [-0.15, -0.1) is 0 Å². The molecule has 1 saturated heterocycles. The zero-order chi connectivity index (χ0) is 15.2. The van der Waals surface area contributed by atoms with E-state index >= 15 is 0 Å². The van der Waals surface area contributed by atoms with Gasteiger partial charge in [-0.1, -0.05) is 11.6 Å². The minimum absolute atomic E-state index is 0.0241. The van der Waals surface area contributed by atoms with Crippen LogP contribution in [0, 0.1) is 12.8 Å². The number of nitrogens with one attached hydrogen (secondary N) is 2. The maximum absolute atomic E-state index is 12.3. The maximum atomic E-state index is 12.3. The minimum atomic E-state index is 0.0241. The average molecular weight is 289 g/mol. The van der Waals surface area contributed by atoms with E-state index in [0.717, 1.165) is 35.7 Å². The molecule has 0 bridgehead atoms. The van der Waals surface area contributed by atoms with Crippen LogP contribution in [0.1, 0.15) is 35.2 Å². The van der Waals surface area contributed by atoms with Crippen LogP contribution in [0.5, 0.6) is 0 Å². The number of carbonyl (C=O) groups excluding carboxylic acids is 1. The molecule has 21 heavy (non-hydrogen) atoms. The Kier molecular flexibility index (Phi) is 5.62. The van der Waals surface area contributed by atoms with Gasteiger partial charge in [-0.05, 0) is 64.4 Å². The summed E-state index contributed by atoms with van der Waals surface area (Å²) < 4.78 is 0. The molecule has 4 heteroatoms. The van der Waals surface area contributed by atoms with Gasteiger partial charge in [-0.25, -0.2) is 0 Å². The Hall–Kier alpha value is -1.55. The van der Waals surface area contributed by atoms with E-state index in [2.05, 4.69) is 22.6 Å². The lowest BCUT2D eigenvalue weighted by Gasteiger charge is -2.28. The van der Waals surface area contributed by atoms with Gasteiger partial charge in [0.2, 0.25) is 0 Å². The summed E-state index contributed by atoms with van der Waals surface area (Å²) in [5.41, 5.74) is 2.73. The van der Waals surface area contributed by atoms with Crippen LogP contribution in [0.4, 0.5) is 5.69 Å². The Morgan fingerprint density at radius 1 is 1.33 bits per heavy atom. The van der Waals surface area contributed by atoms with Gasteiger partial charge in [0.1, 0.15) is 0 Å². The summed E-state index contributed by atoms with van der Waals surface area (Å²) in [5.74, 6) is 0.777. The van der Waals surface area contributed by atoms with Crippen molar-refractivity contribution >= 4 is 11.6 Å². The fourth-order valence-corrected chi connectivity index (χ4v) is 2.90. The quantitative estimate of drug-likeness (QED) is 0.875. The van der Waals surface area contributed by atoms with Gasteiger partial charge in [-0.2, -0.15) is 0 Å². The van der Waals surface area contributed by atoms with E-state index in [1.54, 1.807) is 0 Å².